The molecule has 0 aromatic rings. The number of carboxylic acids is 1. The van der Waals surface area contributed by atoms with E-state index in [2.05, 4.69) is 13.8 Å². The number of carbonyl (C=O) groups excluding carboxylic acids is 1. The number of unbranched alkanes of at least 4 members (excludes halogenated alkanes) is 8. The molecule has 1 saturated carbocycles. The van der Waals surface area contributed by atoms with Gasteiger partial charge >= 0.3 is 11.9 Å². The monoisotopic (exact) mass is 382 g/mol. The molecule has 1 aliphatic carbocycles. The zero-order chi connectivity index (χ0) is 19.9. The lowest BCUT2D eigenvalue weighted by molar-refractivity contribution is -0.164. The summed E-state index contributed by atoms with van der Waals surface area (Å²) in [6, 6.07) is 0. The Morgan fingerprint density at radius 1 is 0.815 bits per heavy atom. The minimum absolute atomic E-state index is 0.0334. The topological polar surface area (TPSA) is 63.6 Å². The molecule has 0 aromatic carbocycles. The zero-order valence-electron chi connectivity index (χ0n) is 17.7. The number of ether oxygens (including phenoxy) is 1. The highest BCUT2D eigenvalue weighted by Gasteiger charge is 2.37. The van der Waals surface area contributed by atoms with Crippen LogP contribution in [0.5, 0.6) is 0 Å². The summed E-state index contributed by atoms with van der Waals surface area (Å²) in [6.45, 7) is 4.39. The highest BCUT2D eigenvalue weighted by atomic mass is 16.5. The Hall–Kier alpha value is -1.06. The van der Waals surface area contributed by atoms with E-state index in [0.717, 1.165) is 44.9 Å². The van der Waals surface area contributed by atoms with E-state index < -0.39 is 17.8 Å². The van der Waals surface area contributed by atoms with E-state index in [-0.39, 0.29) is 12.1 Å². The molecule has 0 bridgehead atoms. The van der Waals surface area contributed by atoms with Gasteiger partial charge in [-0.2, -0.15) is 0 Å². The van der Waals surface area contributed by atoms with E-state index in [0.29, 0.717) is 12.8 Å². The molecule has 0 aromatic heterocycles. The summed E-state index contributed by atoms with van der Waals surface area (Å²) in [5.41, 5.74) is 0. The van der Waals surface area contributed by atoms with Crippen LogP contribution in [0.25, 0.3) is 0 Å². The maximum atomic E-state index is 12.6. The van der Waals surface area contributed by atoms with Crippen LogP contribution in [0.3, 0.4) is 0 Å². The first kappa shape index (κ1) is 24.0. The van der Waals surface area contributed by atoms with Gasteiger partial charge in [0.25, 0.3) is 0 Å². The summed E-state index contributed by atoms with van der Waals surface area (Å²) >= 11 is 0. The first-order chi connectivity index (χ1) is 13.1. The maximum Gasteiger partial charge on any atom is 0.310 e. The second-order valence-corrected chi connectivity index (χ2v) is 8.30. The Labute approximate surface area is 166 Å². The second-order valence-electron chi connectivity index (χ2n) is 8.30. The van der Waals surface area contributed by atoms with Crippen LogP contribution in [0.4, 0.5) is 0 Å². The van der Waals surface area contributed by atoms with Crippen LogP contribution in [0.1, 0.15) is 117 Å². The third kappa shape index (κ3) is 10.2. The van der Waals surface area contributed by atoms with Crippen molar-refractivity contribution in [2.75, 3.05) is 0 Å². The van der Waals surface area contributed by atoms with E-state index in [9.17, 15) is 14.7 Å². The molecule has 27 heavy (non-hydrogen) atoms. The molecule has 0 aliphatic heterocycles. The van der Waals surface area contributed by atoms with Crippen LogP contribution in [0.2, 0.25) is 0 Å². The first-order valence-corrected chi connectivity index (χ1v) is 11.5. The van der Waals surface area contributed by atoms with Crippen LogP contribution >= 0.6 is 0 Å². The van der Waals surface area contributed by atoms with Crippen molar-refractivity contribution in [3.05, 3.63) is 0 Å². The molecular formula is C23H42O4. The summed E-state index contributed by atoms with van der Waals surface area (Å²) < 4.78 is 5.83. The predicted octanol–water partition coefficient (Wildman–Crippen LogP) is 6.51. The quantitative estimate of drug-likeness (QED) is 0.259. The van der Waals surface area contributed by atoms with Gasteiger partial charge in [0.15, 0.2) is 0 Å². The van der Waals surface area contributed by atoms with Crippen molar-refractivity contribution in [3.63, 3.8) is 0 Å². The van der Waals surface area contributed by atoms with E-state index in [1.165, 1.54) is 44.9 Å². The minimum Gasteiger partial charge on any atom is -0.481 e. The first-order valence-electron chi connectivity index (χ1n) is 11.5. The predicted molar refractivity (Wildman–Crippen MR) is 110 cm³/mol. The van der Waals surface area contributed by atoms with Gasteiger partial charge in [-0.15, -0.1) is 0 Å². The van der Waals surface area contributed by atoms with Gasteiger partial charge in [-0.1, -0.05) is 84.5 Å². The number of hydrogen-bond donors (Lipinski definition) is 1. The molecule has 4 nitrogen and oxygen atoms in total. The van der Waals surface area contributed by atoms with Crippen molar-refractivity contribution in [2.45, 2.75) is 123 Å². The van der Waals surface area contributed by atoms with Gasteiger partial charge < -0.3 is 9.84 Å². The Morgan fingerprint density at radius 2 is 1.33 bits per heavy atom. The number of hydrogen-bond acceptors (Lipinski definition) is 3. The van der Waals surface area contributed by atoms with Gasteiger partial charge in [-0.3, -0.25) is 9.59 Å². The van der Waals surface area contributed by atoms with Crippen LogP contribution in [-0.2, 0) is 14.3 Å². The number of rotatable bonds is 15. The van der Waals surface area contributed by atoms with Gasteiger partial charge in [0.2, 0.25) is 0 Å². The van der Waals surface area contributed by atoms with E-state index in [1.807, 2.05) is 0 Å². The molecule has 158 valence electrons. The summed E-state index contributed by atoms with van der Waals surface area (Å²) in [4.78, 5) is 24.1. The highest BCUT2D eigenvalue weighted by Crippen LogP contribution is 2.32. The minimum atomic E-state index is -0.843. The van der Waals surface area contributed by atoms with Crippen molar-refractivity contribution in [1.82, 2.24) is 0 Å². The fourth-order valence-electron chi connectivity index (χ4n) is 4.16. The normalized spacial score (nSPS) is 21.0. The van der Waals surface area contributed by atoms with Crippen molar-refractivity contribution in [1.29, 1.82) is 0 Å². The molecule has 3 unspecified atom stereocenters. The van der Waals surface area contributed by atoms with Gasteiger partial charge in [-0.05, 0) is 32.1 Å². The molecule has 3 atom stereocenters. The van der Waals surface area contributed by atoms with Crippen LogP contribution in [-0.4, -0.2) is 23.1 Å². The SMILES string of the molecule is CCCCCCCCCCC(CCCC)OC(=O)C1CCCCC1C(=O)O. The number of carbonyl (C=O) groups is 2. The lowest BCUT2D eigenvalue weighted by atomic mass is 9.79. The van der Waals surface area contributed by atoms with Gasteiger partial charge in [0, 0.05) is 0 Å². The zero-order valence-corrected chi connectivity index (χ0v) is 17.7. The molecular weight excluding hydrogens is 340 g/mol. The number of esters is 1. The smallest absolute Gasteiger partial charge is 0.310 e. The summed E-state index contributed by atoms with van der Waals surface area (Å²) in [7, 11) is 0. The van der Waals surface area contributed by atoms with Gasteiger partial charge in [0.1, 0.15) is 6.10 Å². The van der Waals surface area contributed by atoms with Crippen LogP contribution in [0.15, 0.2) is 0 Å². The Kier molecular flexibility index (Phi) is 13.3. The summed E-state index contributed by atoms with van der Waals surface area (Å²) in [6.07, 6.45) is 17.2. The fraction of sp³-hybridized carbons (Fsp3) is 0.913. The van der Waals surface area contributed by atoms with Crippen LogP contribution in [0, 0.1) is 11.8 Å². The lowest BCUT2D eigenvalue weighted by Gasteiger charge is -2.28. The molecule has 1 aliphatic rings. The molecule has 1 rings (SSSR count). The van der Waals surface area contributed by atoms with E-state index in [4.69, 9.17) is 4.74 Å². The van der Waals surface area contributed by atoms with Crippen molar-refractivity contribution < 1.29 is 19.4 Å². The molecule has 1 N–H and O–H groups in total. The van der Waals surface area contributed by atoms with Crippen molar-refractivity contribution in [3.8, 4) is 0 Å². The highest BCUT2D eigenvalue weighted by molar-refractivity contribution is 5.81. The largest absolute Gasteiger partial charge is 0.481 e. The average Bonchev–Trinajstić information content (AvgIpc) is 2.67. The van der Waals surface area contributed by atoms with E-state index >= 15 is 0 Å². The molecule has 0 radical (unpaired) electrons. The molecule has 0 saturated heterocycles. The molecule has 1 fully saturated rings. The molecule has 0 spiro atoms. The summed E-state index contributed by atoms with van der Waals surface area (Å²) in [5.74, 6) is -2.10. The molecule has 0 heterocycles. The standard InChI is InChI=1S/C23H42O4/c1-3-5-7-8-9-10-11-12-16-19(15-6-4-2)27-23(26)21-18-14-13-17-20(21)22(24)25/h19-21H,3-18H2,1-2H3,(H,24,25). The Balaban J connectivity index is 2.37. The van der Waals surface area contributed by atoms with E-state index in [1.54, 1.807) is 0 Å². The Bertz CT molecular complexity index is 407. The van der Waals surface area contributed by atoms with Gasteiger partial charge in [0.05, 0.1) is 11.8 Å². The third-order valence-corrected chi connectivity index (χ3v) is 5.93. The molecule has 0 amide bonds. The average molecular weight is 383 g/mol. The van der Waals surface area contributed by atoms with Crippen LogP contribution < -0.4 is 0 Å². The van der Waals surface area contributed by atoms with Crippen molar-refractivity contribution >= 4 is 11.9 Å². The number of aliphatic carboxylic acids is 1. The van der Waals surface area contributed by atoms with Gasteiger partial charge in [-0.25, -0.2) is 0 Å². The Morgan fingerprint density at radius 3 is 1.93 bits per heavy atom. The fourth-order valence-corrected chi connectivity index (χ4v) is 4.16. The maximum absolute atomic E-state index is 12.6. The summed E-state index contributed by atoms with van der Waals surface area (Å²) in [5, 5.41) is 9.40. The lowest BCUT2D eigenvalue weighted by Crippen LogP contribution is -2.35. The third-order valence-electron chi connectivity index (χ3n) is 5.93. The second kappa shape index (κ2) is 14.9. The molecule has 4 heteroatoms. The number of carboxylic acid groups (broad SMARTS) is 1. The van der Waals surface area contributed by atoms with Crippen molar-refractivity contribution in [2.24, 2.45) is 11.8 Å².